The van der Waals surface area contributed by atoms with Crippen molar-refractivity contribution in [2.75, 3.05) is 13.6 Å². The van der Waals surface area contributed by atoms with Crippen molar-refractivity contribution < 1.29 is 10.2 Å². The van der Waals surface area contributed by atoms with Gasteiger partial charge < -0.3 is 15.5 Å². The summed E-state index contributed by atoms with van der Waals surface area (Å²) in [4.78, 5) is 0. The van der Waals surface area contributed by atoms with Crippen molar-refractivity contribution in [1.29, 1.82) is 0 Å². The average molecular weight is 348 g/mol. The number of hydrogen-bond acceptors (Lipinski definition) is 3. The Morgan fingerprint density at radius 3 is 2.64 bits per heavy atom. The lowest BCUT2D eigenvalue weighted by Crippen LogP contribution is -2.55. The first kappa shape index (κ1) is 18.0. The molecule has 0 saturated heterocycles. The van der Waals surface area contributed by atoms with Crippen LogP contribution in [0.4, 0.5) is 0 Å². The molecule has 3 nitrogen and oxygen atoms in total. The number of allylic oxidation sites excluding steroid dienone is 1. The van der Waals surface area contributed by atoms with Crippen LogP contribution < -0.4 is 5.32 Å². The zero-order chi connectivity index (χ0) is 17.9. The van der Waals surface area contributed by atoms with Gasteiger partial charge in [-0.1, -0.05) is 25.5 Å². The normalized spacial score (nSPS) is 52.1. The lowest BCUT2D eigenvalue weighted by molar-refractivity contribution is -0.127. The first-order valence-electron chi connectivity index (χ1n) is 10.6. The fraction of sp³-hybridized carbons (Fsp3) is 0.909. The minimum atomic E-state index is -0.487. The molecule has 4 aliphatic rings. The molecule has 25 heavy (non-hydrogen) atoms. The minimum Gasteiger partial charge on any atom is -0.393 e. The molecule has 4 rings (SSSR count). The van der Waals surface area contributed by atoms with Crippen molar-refractivity contribution in [2.45, 2.75) is 83.3 Å². The van der Waals surface area contributed by atoms with Crippen LogP contribution in [0.5, 0.6) is 0 Å². The van der Waals surface area contributed by atoms with Crippen LogP contribution >= 0.6 is 0 Å². The van der Waals surface area contributed by atoms with E-state index in [4.69, 9.17) is 0 Å². The number of hydrogen-bond donors (Lipinski definition) is 3. The second kappa shape index (κ2) is 6.07. The summed E-state index contributed by atoms with van der Waals surface area (Å²) < 4.78 is 0. The molecule has 0 radical (unpaired) electrons. The lowest BCUT2D eigenvalue weighted by Gasteiger charge is -2.59. The molecule has 0 aromatic carbocycles. The second-order valence-electron chi connectivity index (χ2n) is 10.0. The van der Waals surface area contributed by atoms with Crippen molar-refractivity contribution in [3.63, 3.8) is 0 Å². The van der Waals surface area contributed by atoms with Gasteiger partial charge in [-0.2, -0.15) is 0 Å². The Morgan fingerprint density at radius 1 is 1.12 bits per heavy atom. The number of nitrogens with one attached hydrogen (secondary N) is 1. The Balaban J connectivity index is 1.62. The Morgan fingerprint density at radius 2 is 1.88 bits per heavy atom. The first-order chi connectivity index (χ1) is 11.8. The minimum absolute atomic E-state index is 0.0842. The number of rotatable bonds is 3. The van der Waals surface area contributed by atoms with Gasteiger partial charge in [-0.3, -0.25) is 0 Å². The lowest BCUT2D eigenvalue weighted by atomic mass is 9.47. The van der Waals surface area contributed by atoms with Crippen LogP contribution in [0.3, 0.4) is 0 Å². The van der Waals surface area contributed by atoms with Crippen molar-refractivity contribution in [3.05, 3.63) is 11.6 Å². The van der Waals surface area contributed by atoms with Crippen molar-refractivity contribution in [1.82, 2.24) is 5.32 Å². The molecular formula is C22H37NO2. The van der Waals surface area contributed by atoms with E-state index in [0.29, 0.717) is 11.3 Å². The topological polar surface area (TPSA) is 52.5 Å². The number of aliphatic hydroxyl groups excluding tert-OH is 1. The molecule has 0 bridgehead atoms. The second-order valence-corrected chi connectivity index (χ2v) is 10.0. The van der Waals surface area contributed by atoms with Crippen LogP contribution in [0, 0.1) is 28.6 Å². The van der Waals surface area contributed by atoms with Crippen LogP contribution in [-0.2, 0) is 0 Å². The monoisotopic (exact) mass is 347 g/mol. The molecule has 0 heterocycles. The van der Waals surface area contributed by atoms with Gasteiger partial charge in [0.25, 0.3) is 0 Å². The number of fused-ring (bicyclic) bond motifs is 5. The highest BCUT2D eigenvalue weighted by atomic mass is 16.3. The summed E-state index contributed by atoms with van der Waals surface area (Å²) >= 11 is 0. The highest BCUT2D eigenvalue weighted by molar-refractivity contribution is 5.26. The molecule has 3 N–H and O–H groups in total. The molecule has 4 aliphatic carbocycles. The molecule has 0 amide bonds. The zero-order valence-corrected chi connectivity index (χ0v) is 16.4. The third kappa shape index (κ3) is 2.49. The molecule has 2 unspecified atom stereocenters. The van der Waals surface area contributed by atoms with Gasteiger partial charge in [-0.15, -0.1) is 0 Å². The maximum atomic E-state index is 11.5. The van der Waals surface area contributed by atoms with Crippen molar-refractivity contribution in [2.24, 2.45) is 28.6 Å². The summed E-state index contributed by atoms with van der Waals surface area (Å²) in [5.41, 5.74) is 1.44. The van der Waals surface area contributed by atoms with E-state index >= 15 is 0 Å². The predicted octanol–water partition coefficient (Wildman–Crippen LogP) is 3.65. The molecule has 0 aromatic rings. The molecule has 0 aliphatic heterocycles. The molecule has 3 fully saturated rings. The van der Waals surface area contributed by atoms with Crippen molar-refractivity contribution >= 4 is 0 Å². The summed E-state index contributed by atoms with van der Waals surface area (Å²) in [6.45, 7) is 5.78. The zero-order valence-electron chi connectivity index (χ0n) is 16.4. The Bertz CT molecular complexity index is 560. The van der Waals surface area contributed by atoms with E-state index in [1.54, 1.807) is 5.57 Å². The molecular weight excluding hydrogens is 310 g/mol. The van der Waals surface area contributed by atoms with Gasteiger partial charge in [0.2, 0.25) is 0 Å². The Labute approximate surface area is 153 Å². The highest BCUT2D eigenvalue weighted by Crippen LogP contribution is 2.67. The summed E-state index contributed by atoms with van der Waals surface area (Å²) in [5.74, 6) is 2.14. The average Bonchev–Trinajstić information content (AvgIpc) is 2.85. The van der Waals surface area contributed by atoms with Gasteiger partial charge in [-0.05, 0) is 100.0 Å². The smallest absolute Gasteiger partial charge is 0.0716 e. The molecule has 0 spiro atoms. The van der Waals surface area contributed by atoms with E-state index in [0.717, 1.165) is 50.5 Å². The maximum absolute atomic E-state index is 11.5. The van der Waals surface area contributed by atoms with E-state index in [1.807, 2.05) is 7.05 Å². The predicted molar refractivity (Wildman–Crippen MR) is 101 cm³/mol. The van der Waals surface area contributed by atoms with Crippen LogP contribution in [-0.4, -0.2) is 35.5 Å². The highest BCUT2D eigenvalue weighted by Gasteiger charge is 2.63. The summed E-state index contributed by atoms with van der Waals surface area (Å²) in [6, 6.07) is 0. The van der Waals surface area contributed by atoms with E-state index in [1.165, 1.54) is 25.7 Å². The van der Waals surface area contributed by atoms with Crippen LogP contribution in [0.25, 0.3) is 0 Å². The van der Waals surface area contributed by atoms with E-state index < -0.39 is 5.60 Å². The van der Waals surface area contributed by atoms with Crippen molar-refractivity contribution in [3.8, 4) is 0 Å². The van der Waals surface area contributed by atoms with Gasteiger partial charge in [0.05, 0.1) is 11.7 Å². The van der Waals surface area contributed by atoms with Gasteiger partial charge in [0.1, 0.15) is 0 Å². The molecule has 0 aromatic heterocycles. The van der Waals surface area contributed by atoms with Gasteiger partial charge in [-0.25, -0.2) is 0 Å². The van der Waals surface area contributed by atoms with E-state index in [-0.39, 0.29) is 11.5 Å². The number of aliphatic hydroxyl groups is 2. The quantitative estimate of drug-likeness (QED) is 0.683. The summed E-state index contributed by atoms with van der Waals surface area (Å²) in [7, 11) is 1.99. The summed E-state index contributed by atoms with van der Waals surface area (Å²) in [6.07, 6.45) is 12.0. The Hall–Kier alpha value is -0.380. The van der Waals surface area contributed by atoms with Crippen LogP contribution in [0.15, 0.2) is 11.6 Å². The third-order valence-electron chi connectivity index (χ3n) is 9.19. The van der Waals surface area contributed by atoms with Gasteiger partial charge >= 0.3 is 0 Å². The van der Waals surface area contributed by atoms with Gasteiger partial charge in [0, 0.05) is 0 Å². The van der Waals surface area contributed by atoms with E-state index in [2.05, 4.69) is 25.2 Å². The molecule has 3 saturated carbocycles. The largest absolute Gasteiger partial charge is 0.393 e. The third-order valence-corrected chi connectivity index (χ3v) is 9.19. The molecule has 142 valence electrons. The molecule has 3 heteroatoms. The van der Waals surface area contributed by atoms with Crippen LogP contribution in [0.2, 0.25) is 0 Å². The van der Waals surface area contributed by atoms with Crippen LogP contribution in [0.1, 0.15) is 71.6 Å². The van der Waals surface area contributed by atoms with Gasteiger partial charge in [0.15, 0.2) is 0 Å². The Kier molecular flexibility index (Phi) is 4.37. The fourth-order valence-corrected chi connectivity index (χ4v) is 7.49. The molecule has 7 atom stereocenters. The van der Waals surface area contributed by atoms with E-state index in [9.17, 15) is 10.2 Å². The standard InChI is InChI=1S/C22H37NO2/c1-20-9-6-16(24)14-15(20)4-5-17-18(20)7-10-21(2)19(17)8-11-22(21,25)12-13-23-3/h4,16-19,23-25H,5-14H2,1-3H3/t16?,17-,18-,19+,20+,21+,22?/m1/s1. The SMILES string of the molecule is CNCCC1(O)CC[C@H]2[C@@H]3CC=C4CC(O)CC[C@]4(C)[C@@H]3CC[C@@]21C. The fourth-order valence-electron chi connectivity index (χ4n) is 7.49. The summed E-state index contributed by atoms with van der Waals surface area (Å²) in [5, 5.41) is 24.9. The first-order valence-corrected chi connectivity index (χ1v) is 10.6. The maximum Gasteiger partial charge on any atom is 0.0716 e.